The first-order chi connectivity index (χ1) is 11.3. The minimum absolute atomic E-state index is 0.0436. The predicted octanol–water partition coefficient (Wildman–Crippen LogP) is 2.10. The maximum absolute atomic E-state index is 12.4. The molecule has 23 heavy (non-hydrogen) atoms. The average molecular weight is 318 g/mol. The van der Waals surface area contributed by atoms with Crippen molar-refractivity contribution in [3.8, 4) is 5.75 Å². The number of rotatable bonds is 6. The number of amides is 1. The summed E-state index contributed by atoms with van der Waals surface area (Å²) in [5.41, 5.74) is 6.42. The van der Waals surface area contributed by atoms with Crippen molar-refractivity contribution in [2.45, 2.75) is 44.2 Å². The van der Waals surface area contributed by atoms with E-state index < -0.39 is 0 Å². The molecule has 3 unspecified atom stereocenters. The molecule has 1 aliphatic heterocycles. The number of ether oxygens (including phenoxy) is 2. The van der Waals surface area contributed by atoms with Crippen molar-refractivity contribution in [2.75, 3.05) is 19.8 Å². The maximum Gasteiger partial charge on any atom is 0.251 e. The summed E-state index contributed by atoms with van der Waals surface area (Å²) in [7, 11) is 0. The highest BCUT2D eigenvalue weighted by atomic mass is 16.5. The molecule has 1 heterocycles. The molecule has 1 aromatic carbocycles. The van der Waals surface area contributed by atoms with Gasteiger partial charge in [-0.3, -0.25) is 4.79 Å². The molecule has 2 fully saturated rings. The number of hydrogen-bond donors (Lipinski definition) is 2. The monoisotopic (exact) mass is 318 g/mol. The predicted molar refractivity (Wildman–Crippen MR) is 88.6 cm³/mol. The highest BCUT2D eigenvalue weighted by Gasteiger charge is 2.27. The molecule has 1 saturated carbocycles. The second kappa shape index (κ2) is 7.79. The average Bonchev–Trinajstić information content (AvgIpc) is 3.24. The third-order valence-electron chi connectivity index (χ3n) is 4.83. The van der Waals surface area contributed by atoms with Crippen molar-refractivity contribution in [3.05, 3.63) is 29.8 Å². The molecule has 126 valence electrons. The fraction of sp³-hybridized carbons (Fsp3) is 0.611. The molecule has 0 bridgehead atoms. The van der Waals surface area contributed by atoms with Gasteiger partial charge >= 0.3 is 0 Å². The number of hydrogen-bond acceptors (Lipinski definition) is 4. The van der Waals surface area contributed by atoms with E-state index in [1.807, 2.05) is 18.2 Å². The molecule has 3 N–H and O–H groups in total. The lowest BCUT2D eigenvalue weighted by molar-refractivity contribution is 0.0679. The second-order valence-electron chi connectivity index (χ2n) is 6.48. The first kappa shape index (κ1) is 16.3. The Hall–Kier alpha value is -1.59. The van der Waals surface area contributed by atoms with Gasteiger partial charge in [0.25, 0.3) is 5.91 Å². The third-order valence-corrected chi connectivity index (χ3v) is 4.83. The minimum atomic E-state index is -0.0436. The molecule has 1 aromatic rings. The van der Waals surface area contributed by atoms with Gasteiger partial charge in [-0.25, -0.2) is 0 Å². The Morgan fingerprint density at radius 2 is 2.22 bits per heavy atom. The van der Waals surface area contributed by atoms with Crippen LogP contribution in [0.1, 0.15) is 42.5 Å². The lowest BCUT2D eigenvalue weighted by atomic mass is 10.0. The van der Waals surface area contributed by atoms with Crippen LogP contribution in [0.4, 0.5) is 0 Å². The Kier molecular flexibility index (Phi) is 5.51. The molecule has 5 heteroatoms. The molecular formula is C18H26N2O3. The van der Waals surface area contributed by atoms with Crippen LogP contribution < -0.4 is 15.8 Å². The van der Waals surface area contributed by atoms with Crippen molar-refractivity contribution >= 4 is 5.91 Å². The van der Waals surface area contributed by atoms with E-state index in [1.165, 1.54) is 0 Å². The standard InChI is InChI=1S/C18H26N2O3/c19-11-14-5-2-8-17(14)20-18(21)13-4-1-6-15(10-13)23-12-16-7-3-9-22-16/h1,4,6,10,14,16-17H,2-3,5,7-9,11-12,19H2,(H,20,21). The Morgan fingerprint density at radius 3 is 3.00 bits per heavy atom. The van der Waals surface area contributed by atoms with Crippen LogP contribution >= 0.6 is 0 Å². The number of nitrogens with one attached hydrogen (secondary N) is 1. The zero-order valence-electron chi connectivity index (χ0n) is 13.5. The van der Waals surface area contributed by atoms with Crippen LogP contribution in [0.2, 0.25) is 0 Å². The maximum atomic E-state index is 12.4. The minimum Gasteiger partial charge on any atom is -0.491 e. The summed E-state index contributed by atoms with van der Waals surface area (Å²) in [6.07, 6.45) is 5.57. The van der Waals surface area contributed by atoms with Gasteiger partial charge in [0.15, 0.2) is 0 Å². The molecule has 0 aromatic heterocycles. The van der Waals surface area contributed by atoms with Gasteiger partial charge < -0.3 is 20.5 Å². The number of carbonyl (C=O) groups is 1. The molecule has 3 rings (SSSR count). The number of carbonyl (C=O) groups excluding carboxylic acids is 1. The lowest BCUT2D eigenvalue weighted by Crippen LogP contribution is -2.39. The Labute approximate surface area is 137 Å². The Bertz CT molecular complexity index is 529. The van der Waals surface area contributed by atoms with Gasteiger partial charge in [0.1, 0.15) is 12.4 Å². The first-order valence-electron chi connectivity index (χ1n) is 8.61. The summed E-state index contributed by atoms with van der Waals surface area (Å²) in [5, 5.41) is 3.12. The van der Waals surface area contributed by atoms with Gasteiger partial charge in [0, 0.05) is 18.2 Å². The summed E-state index contributed by atoms with van der Waals surface area (Å²) in [4.78, 5) is 12.4. The van der Waals surface area contributed by atoms with E-state index in [4.69, 9.17) is 15.2 Å². The molecule has 3 atom stereocenters. The van der Waals surface area contributed by atoms with E-state index in [1.54, 1.807) is 6.07 Å². The van der Waals surface area contributed by atoms with E-state index in [2.05, 4.69) is 5.32 Å². The Morgan fingerprint density at radius 1 is 1.30 bits per heavy atom. The highest BCUT2D eigenvalue weighted by molar-refractivity contribution is 5.94. The molecule has 1 saturated heterocycles. The largest absolute Gasteiger partial charge is 0.491 e. The van der Waals surface area contributed by atoms with Crippen molar-refractivity contribution < 1.29 is 14.3 Å². The first-order valence-corrected chi connectivity index (χ1v) is 8.61. The van der Waals surface area contributed by atoms with Gasteiger partial charge in [0.2, 0.25) is 0 Å². The molecule has 5 nitrogen and oxygen atoms in total. The third kappa shape index (κ3) is 4.24. The van der Waals surface area contributed by atoms with Crippen molar-refractivity contribution in [3.63, 3.8) is 0 Å². The SMILES string of the molecule is NCC1CCCC1NC(=O)c1cccc(OCC2CCCO2)c1. The van der Waals surface area contributed by atoms with Crippen LogP contribution in [0, 0.1) is 5.92 Å². The summed E-state index contributed by atoms with van der Waals surface area (Å²) in [6.45, 7) is 2.00. The topological polar surface area (TPSA) is 73.6 Å². The highest BCUT2D eigenvalue weighted by Crippen LogP contribution is 2.25. The zero-order valence-corrected chi connectivity index (χ0v) is 13.5. The zero-order chi connectivity index (χ0) is 16.1. The quantitative estimate of drug-likeness (QED) is 0.842. The van der Waals surface area contributed by atoms with Gasteiger partial charge in [-0.05, 0) is 56.3 Å². The molecule has 1 amide bonds. The van der Waals surface area contributed by atoms with E-state index in [0.717, 1.165) is 44.5 Å². The van der Waals surface area contributed by atoms with Crippen molar-refractivity contribution in [1.29, 1.82) is 0 Å². The summed E-state index contributed by atoms with van der Waals surface area (Å²) in [5.74, 6) is 1.07. The second-order valence-corrected chi connectivity index (χ2v) is 6.48. The fourth-order valence-electron chi connectivity index (χ4n) is 3.45. The lowest BCUT2D eigenvalue weighted by Gasteiger charge is -2.19. The van der Waals surface area contributed by atoms with Crippen LogP contribution in [-0.4, -0.2) is 37.8 Å². The summed E-state index contributed by atoms with van der Waals surface area (Å²) >= 11 is 0. The Balaban J connectivity index is 1.56. The fourth-order valence-corrected chi connectivity index (χ4v) is 3.45. The van der Waals surface area contributed by atoms with E-state index in [9.17, 15) is 4.79 Å². The van der Waals surface area contributed by atoms with Crippen LogP contribution in [0.25, 0.3) is 0 Å². The normalized spacial score (nSPS) is 27.1. The summed E-state index contributed by atoms with van der Waals surface area (Å²) < 4.78 is 11.3. The number of benzene rings is 1. The van der Waals surface area contributed by atoms with Crippen molar-refractivity contribution in [1.82, 2.24) is 5.32 Å². The van der Waals surface area contributed by atoms with Gasteiger partial charge in [-0.15, -0.1) is 0 Å². The van der Waals surface area contributed by atoms with Gasteiger partial charge in [-0.2, -0.15) is 0 Å². The van der Waals surface area contributed by atoms with E-state index in [0.29, 0.717) is 24.6 Å². The molecule has 0 radical (unpaired) electrons. The van der Waals surface area contributed by atoms with Gasteiger partial charge in [-0.1, -0.05) is 12.5 Å². The molecule has 2 aliphatic rings. The van der Waals surface area contributed by atoms with Crippen LogP contribution in [0.5, 0.6) is 5.75 Å². The molecule has 0 spiro atoms. The summed E-state index contributed by atoms with van der Waals surface area (Å²) in [6, 6.07) is 7.56. The van der Waals surface area contributed by atoms with E-state index in [-0.39, 0.29) is 18.1 Å². The van der Waals surface area contributed by atoms with Crippen molar-refractivity contribution in [2.24, 2.45) is 11.7 Å². The van der Waals surface area contributed by atoms with E-state index >= 15 is 0 Å². The smallest absolute Gasteiger partial charge is 0.251 e. The van der Waals surface area contributed by atoms with Crippen LogP contribution in [-0.2, 0) is 4.74 Å². The molecule has 1 aliphatic carbocycles. The van der Waals surface area contributed by atoms with Gasteiger partial charge in [0.05, 0.1) is 6.10 Å². The van der Waals surface area contributed by atoms with Crippen LogP contribution in [0.3, 0.4) is 0 Å². The number of nitrogens with two attached hydrogens (primary N) is 1. The molecular weight excluding hydrogens is 292 g/mol. The van der Waals surface area contributed by atoms with Crippen LogP contribution in [0.15, 0.2) is 24.3 Å².